The van der Waals surface area contributed by atoms with Gasteiger partial charge in [0.05, 0.1) is 5.92 Å². The van der Waals surface area contributed by atoms with Crippen LogP contribution in [0.4, 0.5) is 19.0 Å². The highest BCUT2D eigenvalue weighted by Crippen LogP contribution is 2.35. The summed E-state index contributed by atoms with van der Waals surface area (Å²) < 4.78 is 37.2. The molecule has 1 aliphatic heterocycles. The Morgan fingerprint density at radius 2 is 1.83 bits per heavy atom. The summed E-state index contributed by atoms with van der Waals surface area (Å²) in [6, 6.07) is 1.65. The second-order valence-corrected chi connectivity index (χ2v) is 5.63. The molecule has 0 atom stereocenters. The summed E-state index contributed by atoms with van der Waals surface area (Å²) in [5.74, 6) is -0.00330. The SMILES string of the molecule is CC(C)(C)c1nccc(N2CC(C(F)(F)F)C2)n1. The molecule has 3 nitrogen and oxygen atoms in total. The van der Waals surface area contributed by atoms with Crippen LogP contribution in [0.1, 0.15) is 26.6 Å². The van der Waals surface area contributed by atoms with Gasteiger partial charge in [0.2, 0.25) is 0 Å². The van der Waals surface area contributed by atoms with Crippen LogP contribution in [0, 0.1) is 5.92 Å². The predicted octanol–water partition coefficient (Wildman–Crippen LogP) is 2.77. The van der Waals surface area contributed by atoms with E-state index in [-0.39, 0.29) is 18.5 Å². The van der Waals surface area contributed by atoms with E-state index >= 15 is 0 Å². The second-order valence-electron chi connectivity index (χ2n) is 5.63. The summed E-state index contributed by atoms with van der Waals surface area (Å²) in [7, 11) is 0. The Labute approximate surface area is 104 Å². The lowest BCUT2D eigenvalue weighted by Gasteiger charge is -2.41. The molecule has 0 N–H and O–H groups in total. The molecule has 18 heavy (non-hydrogen) atoms. The van der Waals surface area contributed by atoms with Crippen LogP contribution in [0.15, 0.2) is 12.3 Å². The van der Waals surface area contributed by atoms with Crippen LogP contribution in [-0.2, 0) is 5.41 Å². The van der Waals surface area contributed by atoms with Crippen LogP contribution < -0.4 is 4.90 Å². The topological polar surface area (TPSA) is 29.0 Å². The van der Waals surface area contributed by atoms with Crippen LogP contribution >= 0.6 is 0 Å². The van der Waals surface area contributed by atoms with Gasteiger partial charge in [0.1, 0.15) is 11.6 Å². The van der Waals surface area contributed by atoms with Crippen LogP contribution in [0.2, 0.25) is 0 Å². The lowest BCUT2D eigenvalue weighted by atomic mass is 9.95. The minimum absolute atomic E-state index is 0.00983. The van der Waals surface area contributed by atoms with E-state index in [1.807, 2.05) is 20.8 Å². The number of hydrogen-bond donors (Lipinski definition) is 0. The van der Waals surface area contributed by atoms with Gasteiger partial charge in [-0.2, -0.15) is 13.2 Å². The molecule has 0 amide bonds. The molecule has 1 saturated heterocycles. The third-order valence-corrected chi connectivity index (χ3v) is 2.98. The highest BCUT2D eigenvalue weighted by molar-refractivity contribution is 5.41. The number of aromatic nitrogens is 2. The first-order valence-corrected chi connectivity index (χ1v) is 5.83. The number of alkyl halides is 3. The van der Waals surface area contributed by atoms with E-state index in [1.165, 1.54) is 0 Å². The summed E-state index contributed by atoms with van der Waals surface area (Å²) in [5.41, 5.74) is -0.204. The Morgan fingerprint density at radius 1 is 1.22 bits per heavy atom. The molecule has 0 radical (unpaired) electrons. The highest BCUT2D eigenvalue weighted by Gasteiger charge is 2.47. The molecule has 0 aliphatic carbocycles. The van der Waals surface area contributed by atoms with Crippen molar-refractivity contribution >= 4 is 5.82 Å². The molecular weight excluding hydrogens is 243 g/mol. The van der Waals surface area contributed by atoms with E-state index in [2.05, 4.69) is 9.97 Å². The lowest BCUT2D eigenvalue weighted by Crippen LogP contribution is -2.53. The van der Waals surface area contributed by atoms with Crippen molar-refractivity contribution in [3.63, 3.8) is 0 Å². The van der Waals surface area contributed by atoms with Crippen molar-refractivity contribution in [2.24, 2.45) is 5.92 Å². The van der Waals surface area contributed by atoms with Gasteiger partial charge >= 0.3 is 6.18 Å². The lowest BCUT2D eigenvalue weighted by molar-refractivity contribution is -0.180. The number of hydrogen-bond acceptors (Lipinski definition) is 3. The van der Waals surface area contributed by atoms with Gasteiger partial charge in [0.15, 0.2) is 0 Å². The Kier molecular flexibility index (Phi) is 2.99. The summed E-state index contributed by atoms with van der Waals surface area (Å²) >= 11 is 0. The van der Waals surface area contributed by atoms with Gasteiger partial charge in [-0.25, -0.2) is 9.97 Å². The molecule has 2 rings (SSSR count). The minimum atomic E-state index is -4.10. The Bertz CT molecular complexity index is 431. The van der Waals surface area contributed by atoms with Crippen molar-refractivity contribution in [1.82, 2.24) is 9.97 Å². The van der Waals surface area contributed by atoms with Gasteiger partial charge in [0.25, 0.3) is 0 Å². The van der Waals surface area contributed by atoms with E-state index in [1.54, 1.807) is 17.2 Å². The molecule has 1 aliphatic rings. The van der Waals surface area contributed by atoms with Crippen molar-refractivity contribution in [1.29, 1.82) is 0 Å². The molecule has 1 aromatic rings. The second kappa shape index (κ2) is 4.10. The van der Waals surface area contributed by atoms with Crippen molar-refractivity contribution < 1.29 is 13.2 Å². The first-order chi connectivity index (χ1) is 8.18. The molecule has 6 heteroatoms. The molecule has 0 saturated carbocycles. The van der Waals surface area contributed by atoms with Gasteiger partial charge < -0.3 is 4.90 Å². The molecule has 0 bridgehead atoms. The molecule has 1 aromatic heterocycles. The molecule has 0 unspecified atom stereocenters. The first kappa shape index (κ1) is 13.1. The normalized spacial score (nSPS) is 17.8. The zero-order chi connectivity index (χ0) is 13.6. The fourth-order valence-electron chi connectivity index (χ4n) is 1.76. The molecule has 2 heterocycles. The van der Waals surface area contributed by atoms with Crippen molar-refractivity contribution in [3.8, 4) is 0 Å². The van der Waals surface area contributed by atoms with Crippen molar-refractivity contribution in [2.45, 2.75) is 32.4 Å². The van der Waals surface area contributed by atoms with E-state index in [0.29, 0.717) is 11.6 Å². The highest BCUT2D eigenvalue weighted by atomic mass is 19.4. The smallest absolute Gasteiger partial charge is 0.355 e. The van der Waals surface area contributed by atoms with Crippen LogP contribution in [0.5, 0.6) is 0 Å². The van der Waals surface area contributed by atoms with Gasteiger partial charge in [-0.15, -0.1) is 0 Å². The molecule has 100 valence electrons. The number of anilines is 1. The average Bonchev–Trinajstić information content (AvgIpc) is 2.12. The van der Waals surface area contributed by atoms with Crippen molar-refractivity contribution in [3.05, 3.63) is 18.1 Å². The Balaban J connectivity index is 2.09. The Hall–Kier alpha value is -1.33. The summed E-state index contributed by atoms with van der Waals surface area (Å²) in [4.78, 5) is 10.1. The quantitative estimate of drug-likeness (QED) is 0.776. The van der Waals surface area contributed by atoms with E-state index in [4.69, 9.17) is 0 Å². The third kappa shape index (κ3) is 2.57. The molecule has 0 spiro atoms. The Morgan fingerprint density at radius 3 is 2.33 bits per heavy atom. The largest absolute Gasteiger partial charge is 0.395 e. The molecule has 0 aromatic carbocycles. The third-order valence-electron chi connectivity index (χ3n) is 2.98. The van der Waals surface area contributed by atoms with E-state index in [9.17, 15) is 13.2 Å². The average molecular weight is 259 g/mol. The number of halogens is 3. The van der Waals surface area contributed by atoms with Gasteiger partial charge in [-0.3, -0.25) is 0 Å². The summed E-state index contributed by atoms with van der Waals surface area (Å²) in [6.07, 6.45) is -2.50. The van der Waals surface area contributed by atoms with Crippen LogP contribution in [0.25, 0.3) is 0 Å². The van der Waals surface area contributed by atoms with E-state index < -0.39 is 12.1 Å². The van der Waals surface area contributed by atoms with Crippen LogP contribution in [0.3, 0.4) is 0 Å². The summed E-state index contributed by atoms with van der Waals surface area (Å²) in [5, 5.41) is 0. The fraction of sp³-hybridized carbons (Fsp3) is 0.667. The van der Waals surface area contributed by atoms with Gasteiger partial charge in [-0.05, 0) is 6.07 Å². The van der Waals surface area contributed by atoms with Gasteiger partial charge in [0, 0.05) is 24.7 Å². The molecular formula is C12H16F3N3. The summed E-state index contributed by atoms with van der Waals surface area (Å²) in [6.45, 7) is 5.90. The zero-order valence-electron chi connectivity index (χ0n) is 10.6. The number of nitrogens with zero attached hydrogens (tertiary/aromatic N) is 3. The standard InChI is InChI=1S/C12H16F3N3/c1-11(2,3)10-16-5-4-9(17-10)18-6-8(7-18)12(13,14)15/h4-5,8H,6-7H2,1-3H3. The van der Waals surface area contributed by atoms with Crippen LogP contribution in [-0.4, -0.2) is 29.2 Å². The first-order valence-electron chi connectivity index (χ1n) is 5.83. The predicted molar refractivity (Wildman–Crippen MR) is 62.5 cm³/mol. The van der Waals surface area contributed by atoms with Gasteiger partial charge in [-0.1, -0.05) is 20.8 Å². The van der Waals surface area contributed by atoms with E-state index in [0.717, 1.165) is 0 Å². The molecule has 1 fully saturated rings. The maximum absolute atomic E-state index is 12.4. The fourth-order valence-corrected chi connectivity index (χ4v) is 1.76. The maximum atomic E-state index is 12.4. The zero-order valence-corrected chi connectivity index (χ0v) is 10.6. The minimum Gasteiger partial charge on any atom is -0.355 e. The number of rotatable bonds is 1. The monoisotopic (exact) mass is 259 g/mol. The maximum Gasteiger partial charge on any atom is 0.395 e. The van der Waals surface area contributed by atoms with Crippen molar-refractivity contribution in [2.75, 3.05) is 18.0 Å².